The van der Waals surface area contributed by atoms with Crippen LogP contribution >= 0.6 is 0 Å². The number of carboxylic acids is 2. The van der Waals surface area contributed by atoms with E-state index in [1.54, 1.807) is 0 Å². The summed E-state index contributed by atoms with van der Waals surface area (Å²) in [5.41, 5.74) is 1.40. The molecule has 0 radical (unpaired) electrons. The van der Waals surface area contributed by atoms with Gasteiger partial charge in [0.1, 0.15) is 11.6 Å². The Hall–Kier alpha value is -3.50. The highest BCUT2D eigenvalue weighted by Gasteiger charge is 2.40. The Labute approximate surface area is 232 Å². The predicted molar refractivity (Wildman–Crippen MR) is 142 cm³/mol. The van der Waals surface area contributed by atoms with Crippen molar-refractivity contribution in [2.24, 2.45) is 5.92 Å². The molecule has 0 unspecified atom stereocenters. The molecule has 40 heavy (non-hydrogen) atoms. The zero-order valence-corrected chi connectivity index (χ0v) is 22.5. The average molecular weight is 560 g/mol. The molecule has 1 saturated carbocycles. The van der Waals surface area contributed by atoms with Gasteiger partial charge in [-0.1, -0.05) is 6.07 Å². The first-order valence-electron chi connectivity index (χ1n) is 13.5. The largest absolute Gasteiger partial charge is 0.478 e. The lowest BCUT2D eigenvalue weighted by atomic mass is 9.76. The molecule has 2 fully saturated rings. The van der Waals surface area contributed by atoms with Gasteiger partial charge in [-0.15, -0.1) is 0 Å². The number of aliphatic carboxylic acids is 2. The van der Waals surface area contributed by atoms with Crippen LogP contribution in [0.15, 0.2) is 48.6 Å². The van der Waals surface area contributed by atoms with E-state index in [2.05, 4.69) is 17.0 Å². The summed E-state index contributed by atoms with van der Waals surface area (Å²) in [5.74, 6) is -1.14. The molecule has 2 heterocycles. The molecule has 2 aromatic rings. The quantitative estimate of drug-likeness (QED) is 0.449. The van der Waals surface area contributed by atoms with E-state index in [9.17, 15) is 18.4 Å². The van der Waals surface area contributed by atoms with Gasteiger partial charge in [0.05, 0.1) is 5.60 Å². The van der Waals surface area contributed by atoms with E-state index >= 15 is 0 Å². The van der Waals surface area contributed by atoms with Crippen LogP contribution in [0.3, 0.4) is 0 Å². The summed E-state index contributed by atoms with van der Waals surface area (Å²) >= 11 is 0. The van der Waals surface area contributed by atoms with Gasteiger partial charge in [0, 0.05) is 25.3 Å². The third-order valence-electron chi connectivity index (χ3n) is 8.10. The van der Waals surface area contributed by atoms with Crippen molar-refractivity contribution in [2.75, 3.05) is 27.0 Å². The Bertz CT molecular complexity index is 1200. The van der Waals surface area contributed by atoms with Crippen molar-refractivity contribution in [1.82, 2.24) is 4.90 Å². The van der Waals surface area contributed by atoms with Crippen LogP contribution in [0.2, 0.25) is 0 Å². The number of carbonyl (C=O) groups is 2. The number of carboxylic acid groups (broad SMARTS) is 2. The lowest BCUT2D eigenvalue weighted by Crippen LogP contribution is -2.46. The van der Waals surface area contributed by atoms with E-state index in [0.717, 1.165) is 63.1 Å². The fourth-order valence-electron chi connectivity index (χ4n) is 5.90. The molecule has 0 spiro atoms. The minimum Gasteiger partial charge on any atom is -0.478 e. The van der Waals surface area contributed by atoms with Crippen molar-refractivity contribution in [3.63, 3.8) is 0 Å². The van der Waals surface area contributed by atoms with Gasteiger partial charge in [-0.3, -0.25) is 0 Å². The number of hydrogen-bond acceptors (Lipinski definition) is 6. The molecule has 8 nitrogen and oxygen atoms in total. The molecular weight excluding hydrogens is 524 g/mol. The minimum absolute atomic E-state index is 0.273. The minimum atomic E-state index is -1.26. The summed E-state index contributed by atoms with van der Waals surface area (Å²) < 4.78 is 44.6. The molecule has 0 amide bonds. The van der Waals surface area contributed by atoms with Crippen LogP contribution in [0, 0.1) is 17.6 Å². The molecule has 216 valence electrons. The number of likely N-dealkylation sites (tertiary alicyclic amines) is 1. The van der Waals surface area contributed by atoms with Crippen molar-refractivity contribution in [1.29, 1.82) is 0 Å². The SMILES string of the molecule is COC1(c2ccc3c(c2)OCO3)CCC(N2CCC(Cc3cc(F)ccc3F)CC2)CC1.O=C(O)C=CC(=O)O. The van der Waals surface area contributed by atoms with Crippen LogP contribution in [0.1, 0.15) is 49.7 Å². The summed E-state index contributed by atoms with van der Waals surface area (Å²) in [5, 5.41) is 15.6. The Balaban J connectivity index is 0.000000406. The number of fused-ring (bicyclic) bond motifs is 1. The lowest BCUT2D eigenvalue weighted by molar-refractivity contribution is -0.134. The number of piperidine rings is 1. The second kappa shape index (κ2) is 13.2. The van der Waals surface area contributed by atoms with Gasteiger partial charge in [-0.2, -0.15) is 0 Å². The third kappa shape index (κ3) is 7.37. The predicted octanol–water partition coefficient (Wildman–Crippen LogP) is 5.14. The van der Waals surface area contributed by atoms with Crippen LogP contribution in [-0.2, 0) is 26.3 Å². The van der Waals surface area contributed by atoms with Crippen molar-refractivity contribution in [3.05, 3.63) is 71.3 Å². The maximum absolute atomic E-state index is 14.0. The van der Waals surface area contributed by atoms with Crippen LogP contribution in [-0.4, -0.2) is 60.1 Å². The van der Waals surface area contributed by atoms with E-state index < -0.39 is 11.9 Å². The number of benzene rings is 2. The van der Waals surface area contributed by atoms with Gasteiger partial charge in [0.2, 0.25) is 6.79 Å². The summed E-state index contributed by atoms with van der Waals surface area (Å²) in [7, 11) is 1.81. The normalized spacial score (nSPS) is 23.0. The molecule has 0 bridgehead atoms. The van der Waals surface area contributed by atoms with Crippen LogP contribution < -0.4 is 9.47 Å². The van der Waals surface area contributed by atoms with Gasteiger partial charge in [-0.25, -0.2) is 18.4 Å². The molecular formula is C30H35F2NO7. The number of rotatable bonds is 7. The monoisotopic (exact) mass is 559 g/mol. The second-order valence-electron chi connectivity index (χ2n) is 10.4. The number of ether oxygens (including phenoxy) is 3. The lowest BCUT2D eigenvalue weighted by Gasteiger charge is -2.45. The highest BCUT2D eigenvalue weighted by atomic mass is 19.1. The van der Waals surface area contributed by atoms with Crippen LogP contribution in [0.5, 0.6) is 11.5 Å². The zero-order chi connectivity index (χ0) is 28.7. The Morgan fingerprint density at radius 3 is 2.25 bits per heavy atom. The number of hydrogen-bond donors (Lipinski definition) is 2. The van der Waals surface area contributed by atoms with Crippen LogP contribution in [0.4, 0.5) is 8.78 Å². The number of methoxy groups -OCH3 is 1. The fraction of sp³-hybridized carbons (Fsp3) is 0.467. The van der Waals surface area contributed by atoms with Gasteiger partial charge >= 0.3 is 11.9 Å². The van der Waals surface area contributed by atoms with Gasteiger partial charge in [0.25, 0.3) is 0 Å². The summed E-state index contributed by atoms with van der Waals surface area (Å²) in [6, 6.07) is 10.5. The molecule has 1 aliphatic carbocycles. The maximum atomic E-state index is 14.0. The maximum Gasteiger partial charge on any atom is 0.328 e. The molecule has 10 heteroatoms. The average Bonchev–Trinajstić information content (AvgIpc) is 3.43. The van der Waals surface area contributed by atoms with Gasteiger partial charge in [-0.05, 0) is 105 Å². The number of halogens is 2. The fourth-order valence-corrected chi connectivity index (χ4v) is 5.90. The molecule has 5 rings (SSSR count). The van der Waals surface area contributed by atoms with Gasteiger partial charge in [0.15, 0.2) is 11.5 Å². The zero-order valence-electron chi connectivity index (χ0n) is 22.5. The standard InChI is InChI=1S/C26H31F2NO3.C4H4O4/c1-30-26(20-2-5-24-25(16-20)32-17-31-24)10-6-22(7-11-26)29-12-8-18(9-13-29)14-19-15-21(27)3-4-23(19)28;5-3(6)1-2-4(7)8/h2-5,15-16,18,22H,6-14,17H2,1H3;1-2H,(H,5,6)(H,7,8). The molecule has 2 N–H and O–H groups in total. The molecule has 2 aromatic carbocycles. The topological polar surface area (TPSA) is 106 Å². The smallest absolute Gasteiger partial charge is 0.328 e. The van der Waals surface area contributed by atoms with E-state index in [4.69, 9.17) is 24.4 Å². The van der Waals surface area contributed by atoms with Crippen molar-refractivity contribution >= 4 is 11.9 Å². The first-order chi connectivity index (χ1) is 19.2. The second-order valence-corrected chi connectivity index (χ2v) is 10.4. The van der Waals surface area contributed by atoms with Crippen molar-refractivity contribution in [2.45, 2.75) is 56.6 Å². The molecule has 1 saturated heterocycles. The first-order valence-corrected chi connectivity index (χ1v) is 13.5. The molecule has 3 aliphatic rings. The highest BCUT2D eigenvalue weighted by Crippen LogP contribution is 2.45. The van der Waals surface area contributed by atoms with E-state index in [1.807, 2.05) is 13.2 Å². The highest BCUT2D eigenvalue weighted by molar-refractivity contribution is 5.89. The molecule has 0 aromatic heterocycles. The van der Waals surface area contributed by atoms with Gasteiger partial charge < -0.3 is 29.3 Å². The Morgan fingerprint density at radius 2 is 1.62 bits per heavy atom. The summed E-state index contributed by atoms with van der Waals surface area (Å²) in [4.78, 5) is 21.7. The first kappa shape index (κ1) is 29.5. The molecule has 0 atom stereocenters. The Morgan fingerprint density at radius 1 is 0.975 bits per heavy atom. The summed E-state index contributed by atoms with van der Waals surface area (Å²) in [6.07, 6.45) is 7.93. The number of nitrogens with zero attached hydrogens (tertiary/aromatic N) is 1. The molecule has 2 aliphatic heterocycles. The van der Waals surface area contributed by atoms with E-state index in [0.29, 0.717) is 36.1 Å². The Kier molecular flexibility index (Phi) is 9.76. The van der Waals surface area contributed by atoms with Crippen molar-refractivity contribution in [3.8, 4) is 11.5 Å². The van der Waals surface area contributed by atoms with Crippen molar-refractivity contribution < 1.29 is 42.8 Å². The van der Waals surface area contributed by atoms with E-state index in [-0.39, 0.29) is 24.0 Å². The third-order valence-corrected chi connectivity index (χ3v) is 8.10. The summed E-state index contributed by atoms with van der Waals surface area (Å²) in [6.45, 7) is 2.33. The van der Waals surface area contributed by atoms with E-state index in [1.165, 1.54) is 23.8 Å². The van der Waals surface area contributed by atoms with Crippen LogP contribution in [0.25, 0.3) is 0 Å².